The number of aromatic amines is 1. The minimum atomic E-state index is -4.72. The molecule has 1 heterocycles. The van der Waals surface area contributed by atoms with Gasteiger partial charge in [0, 0.05) is 18.0 Å². The van der Waals surface area contributed by atoms with Crippen molar-refractivity contribution in [2.45, 2.75) is 17.5 Å². The van der Waals surface area contributed by atoms with Gasteiger partial charge in [-0.15, -0.1) is 5.10 Å². The lowest BCUT2D eigenvalue weighted by Crippen LogP contribution is -2.28. The molecule has 136 valence electrons. The molecule has 0 atom stereocenters. The molecule has 13 heteroatoms. The molecule has 2 aromatic rings. The van der Waals surface area contributed by atoms with E-state index in [0.717, 1.165) is 0 Å². The van der Waals surface area contributed by atoms with E-state index in [2.05, 4.69) is 14.8 Å². The molecule has 0 saturated heterocycles. The number of hydrogen-bond donors (Lipinski definition) is 3. The number of hydrogen-bond acceptors (Lipinski definition) is 5. The van der Waals surface area contributed by atoms with Gasteiger partial charge in [-0.1, -0.05) is 17.7 Å². The summed E-state index contributed by atoms with van der Waals surface area (Å²) < 4.78 is 63.1. The number of anilines is 1. The lowest BCUT2D eigenvalue weighted by Gasteiger charge is -2.06. The third kappa shape index (κ3) is 5.41. The van der Waals surface area contributed by atoms with Gasteiger partial charge < -0.3 is 0 Å². The van der Waals surface area contributed by atoms with Crippen molar-refractivity contribution < 1.29 is 26.4 Å². The number of carbonyl (C=O) groups excluding carboxylic acids is 1. The number of halogens is 4. The molecule has 1 amide bonds. The Morgan fingerprint density at radius 2 is 2.04 bits per heavy atom. The van der Waals surface area contributed by atoms with Crippen LogP contribution in [0.3, 0.4) is 0 Å². The average molecular weight is 398 g/mol. The molecule has 0 saturated carbocycles. The fourth-order valence-electron chi connectivity index (χ4n) is 1.65. The molecule has 0 aliphatic rings. The molecular formula is C12H11ClF3N5O3S. The number of amides is 1. The van der Waals surface area contributed by atoms with Gasteiger partial charge in [-0.05, 0) is 18.2 Å². The fourth-order valence-corrected chi connectivity index (χ4v) is 2.98. The maximum atomic E-state index is 12.3. The van der Waals surface area contributed by atoms with Crippen molar-refractivity contribution in [3.8, 4) is 0 Å². The van der Waals surface area contributed by atoms with Crippen LogP contribution in [0.15, 0.2) is 29.2 Å². The number of aromatic nitrogens is 3. The third-order valence-electron chi connectivity index (χ3n) is 2.76. The number of sulfonamides is 1. The number of nitrogens with one attached hydrogen (secondary N) is 3. The molecule has 3 N–H and O–H groups in total. The van der Waals surface area contributed by atoms with Crippen LogP contribution in [0, 0.1) is 0 Å². The lowest BCUT2D eigenvalue weighted by molar-refractivity contribution is -0.144. The van der Waals surface area contributed by atoms with E-state index < -0.39 is 33.9 Å². The first-order valence-electron chi connectivity index (χ1n) is 6.62. The van der Waals surface area contributed by atoms with Crippen molar-refractivity contribution in [3.05, 3.63) is 35.1 Å². The van der Waals surface area contributed by atoms with E-state index in [0.29, 0.717) is 0 Å². The minimum Gasteiger partial charge on any atom is -0.293 e. The van der Waals surface area contributed by atoms with Gasteiger partial charge in [0.25, 0.3) is 0 Å². The second-order valence-corrected chi connectivity index (χ2v) is 6.86. The number of rotatable bonds is 6. The van der Waals surface area contributed by atoms with E-state index in [4.69, 9.17) is 11.6 Å². The molecule has 0 aliphatic heterocycles. The molecule has 0 fully saturated rings. The summed E-state index contributed by atoms with van der Waals surface area (Å²) >= 11 is 5.71. The van der Waals surface area contributed by atoms with Gasteiger partial charge in [-0.2, -0.15) is 18.2 Å². The summed E-state index contributed by atoms with van der Waals surface area (Å²) in [6.07, 6.45) is -5.06. The van der Waals surface area contributed by atoms with Crippen molar-refractivity contribution in [1.29, 1.82) is 0 Å². The normalized spacial score (nSPS) is 12.2. The highest BCUT2D eigenvalue weighted by Crippen LogP contribution is 2.26. The van der Waals surface area contributed by atoms with Crippen LogP contribution in [0.1, 0.15) is 12.2 Å². The van der Waals surface area contributed by atoms with E-state index in [1.54, 1.807) is 5.10 Å². The molecule has 2 rings (SSSR count). The largest absolute Gasteiger partial charge is 0.451 e. The zero-order chi connectivity index (χ0) is 18.7. The van der Waals surface area contributed by atoms with Crippen LogP contribution in [-0.4, -0.2) is 36.1 Å². The summed E-state index contributed by atoms with van der Waals surface area (Å²) in [5.74, 6) is -2.68. The fraction of sp³-hybridized carbons (Fsp3) is 0.250. The summed E-state index contributed by atoms with van der Waals surface area (Å²) in [7, 11) is -3.87. The highest BCUT2D eigenvalue weighted by molar-refractivity contribution is 7.89. The van der Waals surface area contributed by atoms with Gasteiger partial charge in [-0.25, -0.2) is 13.1 Å². The topological polar surface area (TPSA) is 117 Å². The highest BCUT2D eigenvalue weighted by atomic mass is 35.5. The zero-order valence-electron chi connectivity index (χ0n) is 12.3. The highest BCUT2D eigenvalue weighted by Gasteiger charge is 2.35. The van der Waals surface area contributed by atoms with E-state index in [1.165, 1.54) is 24.3 Å². The van der Waals surface area contributed by atoms with Crippen molar-refractivity contribution in [3.63, 3.8) is 0 Å². The van der Waals surface area contributed by atoms with Gasteiger partial charge in [0.1, 0.15) is 0 Å². The molecule has 25 heavy (non-hydrogen) atoms. The minimum absolute atomic E-state index is 0.0794. The summed E-state index contributed by atoms with van der Waals surface area (Å²) in [5, 5.41) is 7.08. The van der Waals surface area contributed by atoms with Gasteiger partial charge in [-0.3, -0.25) is 15.2 Å². The molecule has 0 bridgehead atoms. The molecule has 0 unspecified atom stereocenters. The SMILES string of the molecule is O=C(CCNS(=O)(=O)c1cccc(Cl)c1)Nc1n[nH]c(C(F)(F)F)n1. The number of H-pyrrole nitrogens is 1. The molecule has 1 aromatic heterocycles. The van der Waals surface area contributed by atoms with Gasteiger partial charge >= 0.3 is 6.18 Å². The van der Waals surface area contributed by atoms with Crippen LogP contribution < -0.4 is 10.0 Å². The number of nitrogens with zero attached hydrogens (tertiary/aromatic N) is 2. The quantitative estimate of drug-likeness (QED) is 0.687. The maximum absolute atomic E-state index is 12.3. The first-order valence-corrected chi connectivity index (χ1v) is 8.49. The van der Waals surface area contributed by atoms with E-state index in [1.807, 2.05) is 5.32 Å². The Hall–Kier alpha value is -2.18. The molecule has 0 aliphatic carbocycles. The average Bonchev–Trinajstić information content (AvgIpc) is 2.95. The van der Waals surface area contributed by atoms with Crippen LogP contribution >= 0.6 is 11.6 Å². The van der Waals surface area contributed by atoms with Gasteiger partial charge in [0.2, 0.25) is 27.7 Å². The molecule has 1 aromatic carbocycles. The van der Waals surface area contributed by atoms with Crippen LogP contribution in [0.25, 0.3) is 0 Å². The van der Waals surface area contributed by atoms with Crippen LogP contribution in [0.2, 0.25) is 5.02 Å². The first kappa shape index (κ1) is 19.1. The standard InChI is InChI=1S/C12H11ClF3N5O3S/c13-7-2-1-3-8(6-7)25(23,24)17-5-4-9(22)18-11-19-10(20-21-11)12(14,15)16/h1-3,6,17H,4-5H2,(H2,18,19,20,21,22). The summed E-state index contributed by atoms with van der Waals surface area (Å²) in [6.45, 7) is -0.281. The van der Waals surface area contributed by atoms with Crippen molar-refractivity contribution in [2.24, 2.45) is 0 Å². The second kappa shape index (κ2) is 7.37. The number of alkyl halides is 3. The summed E-state index contributed by atoms with van der Waals surface area (Å²) in [4.78, 5) is 14.6. The Labute approximate surface area is 144 Å². The van der Waals surface area contributed by atoms with Crippen LogP contribution in [-0.2, 0) is 21.0 Å². The number of benzene rings is 1. The van der Waals surface area contributed by atoms with E-state index in [-0.39, 0.29) is 22.9 Å². The summed E-state index contributed by atoms with van der Waals surface area (Å²) in [5.41, 5.74) is 0. The summed E-state index contributed by atoms with van der Waals surface area (Å²) in [6, 6.07) is 5.50. The number of carbonyl (C=O) groups is 1. The predicted octanol–water partition coefficient (Wildman–Crippen LogP) is 1.78. The Morgan fingerprint density at radius 3 is 2.64 bits per heavy atom. The Bertz CT molecular complexity index is 869. The zero-order valence-corrected chi connectivity index (χ0v) is 13.8. The predicted molar refractivity (Wildman–Crippen MR) is 81.3 cm³/mol. The first-order chi connectivity index (χ1) is 11.6. The lowest BCUT2D eigenvalue weighted by atomic mass is 10.4. The van der Waals surface area contributed by atoms with Crippen molar-refractivity contribution in [1.82, 2.24) is 19.9 Å². The Kier molecular flexibility index (Phi) is 5.65. The molecule has 8 nitrogen and oxygen atoms in total. The maximum Gasteiger partial charge on any atom is 0.451 e. The van der Waals surface area contributed by atoms with Gasteiger partial charge in [0.05, 0.1) is 4.90 Å². The van der Waals surface area contributed by atoms with E-state index in [9.17, 15) is 26.4 Å². The smallest absolute Gasteiger partial charge is 0.293 e. The van der Waals surface area contributed by atoms with Crippen LogP contribution in [0.4, 0.5) is 19.1 Å². The molecular weight excluding hydrogens is 387 g/mol. The molecule has 0 radical (unpaired) electrons. The third-order valence-corrected chi connectivity index (χ3v) is 4.45. The Morgan fingerprint density at radius 1 is 1.32 bits per heavy atom. The van der Waals surface area contributed by atoms with Gasteiger partial charge in [0.15, 0.2) is 0 Å². The van der Waals surface area contributed by atoms with Crippen LogP contribution in [0.5, 0.6) is 0 Å². The molecule has 0 spiro atoms. The van der Waals surface area contributed by atoms with Crippen molar-refractivity contribution >= 4 is 33.5 Å². The van der Waals surface area contributed by atoms with E-state index >= 15 is 0 Å². The second-order valence-electron chi connectivity index (χ2n) is 4.66. The Balaban J connectivity index is 1.87. The monoisotopic (exact) mass is 397 g/mol. The van der Waals surface area contributed by atoms with Crippen molar-refractivity contribution in [2.75, 3.05) is 11.9 Å².